The summed E-state index contributed by atoms with van der Waals surface area (Å²) in [4.78, 5) is 21.6. The molecule has 0 N–H and O–H groups in total. The van der Waals surface area contributed by atoms with Crippen molar-refractivity contribution < 1.29 is 94.8 Å². The van der Waals surface area contributed by atoms with Gasteiger partial charge in [-0.15, -0.1) is 5.11 Å². The molecule has 3 rings (SSSR count). The minimum Gasteiger partial charge on any atom is -0.744 e. The Hall–Kier alpha value is -1.60. The number of nitro benzene ring substituents is 1. The minimum absolute atomic E-state index is 0. The van der Waals surface area contributed by atoms with Crippen LogP contribution in [0.25, 0.3) is 0 Å². The second-order valence-corrected chi connectivity index (χ2v) is 9.08. The van der Waals surface area contributed by atoms with Crippen molar-refractivity contribution in [2.45, 2.75) is 22.8 Å². The average Bonchev–Trinajstić information content (AvgIpc) is 2.98. The van der Waals surface area contributed by atoms with Gasteiger partial charge in [-0.1, -0.05) is 0 Å². The summed E-state index contributed by atoms with van der Waals surface area (Å²) in [5.41, 5.74) is -0.917. The Morgan fingerprint density at radius 3 is 2.00 bits per heavy atom. The fraction of sp³-hybridized carbons (Fsp3) is 0.125. The van der Waals surface area contributed by atoms with Crippen molar-refractivity contribution in [3.05, 3.63) is 52.6 Å². The van der Waals surface area contributed by atoms with E-state index in [-0.39, 0.29) is 70.5 Å². The van der Waals surface area contributed by atoms with E-state index in [4.69, 9.17) is 0 Å². The number of carbonyl (C=O) groups excluding carboxylic acids is 1. The summed E-state index contributed by atoms with van der Waals surface area (Å²) in [6.07, 6.45) is 0. The van der Waals surface area contributed by atoms with Crippen LogP contribution in [-0.2, 0) is 25.0 Å². The van der Waals surface area contributed by atoms with Gasteiger partial charge in [0, 0.05) is 6.07 Å². The molecule has 1 unspecified atom stereocenters. The van der Waals surface area contributed by atoms with Gasteiger partial charge in [-0.05, 0) is 43.3 Å². The maximum atomic E-state index is 12.6. The third-order valence-electron chi connectivity index (χ3n) is 4.18. The van der Waals surface area contributed by atoms with Crippen molar-refractivity contribution >= 4 is 48.9 Å². The van der Waals surface area contributed by atoms with Gasteiger partial charge in [0.15, 0.2) is 11.7 Å². The van der Waals surface area contributed by atoms with Gasteiger partial charge >= 0.3 is 59.1 Å². The average molecular weight is 527 g/mol. The summed E-state index contributed by atoms with van der Waals surface area (Å²) in [5.74, 6) is -0.717. The number of nitrogens with zero attached hydrogens (tertiary/aromatic N) is 5. The molecule has 0 radical (unpaired) electrons. The van der Waals surface area contributed by atoms with Crippen molar-refractivity contribution in [2.75, 3.05) is 5.01 Å². The normalized spacial score (nSPS) is 16.1. The molecule has 34 heavy (non-hydrogen) atoms. The summed E-state index contributed by atoms with van der Waals surface area (Å²) in [7, 11) is -9.61. The summed E-state index contributed by atoms with van der Waals surface area (Å²) in [6, 6.07) is 5.35. The second-order valence-electron chi connectivity index (χ2n) is 6.32. The fourth-order valence-corrected chi connectivity index (χ4v) is 3.60. The summed E-state index contributed by atoms with van der Waals surface area (Å²) >= 11 is 0. The van der Waals surface area contributed by atoms with E-state index in [0.717, 1.165) is 29.3 Å². The Kier molecular flexibility index (Phi) is 10.2. The molecule has 1 heterocycles. The van der Waals surface area contributed by atoms with Crippen molar-refractivity contribution in [1.82, 2.24) is 0 Å². The van der Waals surface area contributed by atoms with E-state index in [9.17, 15) is 40.8 Å². The molecular formula is C16H11N5Na2O9S2. The van der Waals surface area contributed by atoms with Crippen molar-refractivity contribution in [3.8, 4) is 0 Å². The summed E-state index contributed by atoms with van der Waals surface area (Å²) in [6.45, 7) is 1.43. The first kappa shape index (κ1) is 30.4. The number of rotatable bonds is 6. The Balaban J connectivity index is 0.00000289. The number of hydrazone groups is 1. The Bertz CT molecular complexity index is 1390. The van der Waals surface area contributed by atoms with Gasteiger partial charge in [0.1, 0.15) is 20.2 Å². The molecule has 18 heteroatoms. The molecule has 0 bridgehead atoms. The Morgan fingerprint density at radius 1 is 0.971 bits per heavy atom. The number of hydrogen-bond donors (Lipinski definition) is 0. The van der Waals surface area contributed by atoms with Crippen molar-refractivity contribution in [3.63, 3.8) is 0 Å². The molecule has 1 atom stereocenters. The molecule has 1 amide bonds. The van der Waals surface area contributed by atoms with Gasteiger partial charge < -0.3 is 9.11 Å². The van der Waals surface area contributed by atoms with Gasteiger partial charge in [0.05, 0.1) is 26.1 Å². The molecule has 0 aliphatic carbocycles. The van der Waals surface area contributed by atoms with Crippen LogP contribution in [0.5, 0.6) is 0 Å². The third kappa shape index (κ3) is 6.75. The second kappa shape index (κ2) is 11.4. The van der Waals surface area contributed by atoms with Crippen molar-refractivity contribution in [1.29, 1.82) is 0 Å². The summed E-state index contributed by atoms with van der Waals surface area (Å²) < 4.78 is 66.3. The minimum atomic E-state index is -4.94. The molecule has 1 aliphatic rings. The number of benzene rings is 2. The predicted octanol–water partition coefficient (Wildman–Crippen LogP) is -4.71. The van der Waals surface area contributed by atoms with Crippen LogP contribution >= 0.6 is 0 Å². The van der Waals surface area contributed by atoms with Gasteiger partial charge in [-0.25, -0.2) is 16.8 Å². The van der Waals surface area contributed by atoms with E-state index in [1.807, 2.05) is 0 Å². The van der Waals surface area contributed by atoms with Crippen LogP contribution < -0.4 is 64.1 Å². The van der Waals surface area contributed by atoms with Crippen molar-refractivity contribution in [2.24, 2.45) is 15.3 Å². The van der Waals surface area contributed by atoms with Crippen LogP contribution in [0, 0.1) is 10.1 Å². The van der Waals surface area contributed by atoms with Crippen LogP contribution in [0.2, 0.25) is 0 Å². The predicted molar refractivity (Wildman–Crippen MR) is 104 cm³/mol. The monoisotopic (exact) mass is 527 g/mol. The zero-order chi connectivity index (χ0) is 23.8. The SMILES string of the molecule is CC1=NN(c2ccc(S(=O)(=O)[O-])cc2)C(=O)C1N=Nc1ccc(S(=O)(=O)[O-])cc1[N+](=O)[O-].[Na+].[Na+]. The maximum Gasteiger partial charge on any atom is 1.00 e. The number of azo groups is 1. The number of carbonyl (C=O) groups is 1. The first-order valence-electron chi connectivity index (χ1n) is 8.39. The topological polar surface area (TPSA) is 215 Å². The van der Waals surface area contributed by atoms with Gasteiger partial charge in [-0.2, -0.15) is 15.2 Å². The van der Waals surface area contributed by atoms with Gasteiger partial charge in [0.2, 0.25) is 0 Å². The number of anilines is 1. The summed E-state index contributed by atoms with van der Waals surface area (Å²) in [5, 5.41) is 23.5. The van der Waals surface area contributed by atoms with E-state index in [0.29, 0.717) is 6.07 Å². The van der Waals surface area contributed by atoms with E-state index >= 15 is 0 Å². The molecule has 1 aliphatic heterocycles. The van der Waals surface area contributed by atoms with Crippen LogP contribution in [0.3, 0.4) is 0 Å². The standard InChI is InChI=1S/C16H13N5O9S2.2Na/c1-9-15(16(22)20(19-9)10-2-4-11(5-3-10)31(25,26)27)18-17-13-7-6-12(32(28,29)30)8-14(13)21(23)24;;/h2-8,15H,1H3,(H,25,26,27)(H,28,29,30);;/q;2*+1/p-2. The quantitative estimate of drug-likeness (QED) is 0.116. The van der Waals surface area contributed by atoms with E-state index in [1.165, 1.54) is 19.1 Å². The molecule has 14 nitrogen and oxygen atoms in total. The number of amides is 1. The largest absolute Gasteiger partial charge is 1.00 e. The molecule has 2 aromatic carbocycles. The van der Waals surface area contributed by atoms with Crippen LogP contribution in [0.4, 0.5) is 17.1 Å². The number of nitro groups is 1. The van der Waals surface area contributed by atoms with Gasteiger partial charge in [-0.3, -0.25) is 14.9 Å². The molecule has 0 spiro atoms. The molecule has 2 aromatic rings. The molecule has 0 fully saturated rings. The first-order valence-corrected chi connectivity index (χ1v) is 11.2. The Morgan fingerprint density at radius 2 is 1.50 bits per heavy atom. The zero-order valence-corrected chi connectivity index (χ0v) is 23.5. The Labute approximate surface area is 237 Å². The van der Waals surface area contributed by atoms with Crippen LogP contribution in [-0.4, -0.2) is 48.5 Å². The van der Waals surface area contributed by atoms with Crippen LogP contribution in [0.1, 0.15) is 6.92 Å². The van der Waals surface area contributed by atoms with Gasteiger partial charge in [0.25, 0.3) is 11.6 Å². The molecule has 0 saturated heterocycles. The van der Waals surface area contributed by atoms with E-state index in [1.54, 1.807) is 0 Å². The molecule has 0 aromatic heterocycles. The third-order valence-corrected chi connectivity index (χ3v) is 5.86. The van der Waals surface area contributed by atoms with Crippen LogP contribution in [0.15, 0.2) is 67.6 Å². The van der Waals surface area contributed by atoms with E-state index < -0.39 is 58.3 Å². The first-order chi connectivity index (χ1) is 14.8. The smallest absolute Gasteiger partial charge is 0.744 e. The maximum absolute atomic E-state index is 12.6. The molecular weight excluding hydrogens is 516 g/mol. The molecule has 0 saturated carbocycles. The molecule has 168 valence electrons. The number of hydrogen-bond acceptors (Lipinski definition) is 12. The fourth-order valence-electron chi connectivity index (χ4n) is 2.64. The van der Waals surface area contributed by atoms with E-state index in [2.05, 4.69) is 15.3 Å². The zero-order valence-electron chi connectivity index (χ0n) is 17.8.